The zero-order valence-corrected chi connectivity index (χ0v) is 12.6. The quantitative estimate of drug-likeness (QED) is 0.667. The van der Waals surface area contributed by atoms with E-state index in [1.54, 1.807) is 12.1 Å². The van der Waals surface area contributed by atoms with Gasteiger partial charge >= 0.3 is 0 Å². The average molecular weight is 301 g/mol. The molecule has 0 saturated heterocycles. The molecule has 0 saturated carbocycles. The van der Waals surface area contributed by atoms with E-state index in [9.17, 15) is 14.9 Å². The van der Waals surface area contributed by atoms with Crippen LogP contribution in [-0.4, -0.2) is 10.8 Å². The van der Waals surface area contributed by atoms with Crippen LogP contribution in [-0.2, 0) is 6.54 Å². The summed E-state index contributed by atoms with van der Waals surface area (Å²) in [5, 5.41) is 10.8. The van der Waals surface area contributed by atoms with Gasteiger partial charge in [0.1, 0.15) is 0 Å². The summed E-state index contributed by atoms with van der Waals surface area (Å²) in [4.78, 5) is 21.8. The van der Waals surface area contributed by atoms with E-state index in [0.717, 1.165) is 11.1 Å². The molecule has 116 valence electrons. The molecule has 0 heterocycles. The van der Waals surface area contributed by atoms with Gasteiger partial charge in [-0.1, -0.05) is 38.1 Å². The van der Waals surface area contributed by atoms with Crippen molar-refractivity contribution in [3.05, 3.63) is 63.7 Å². The van der Waals surface area contributed by atoms with Crippen molar-refractivity contribution in [3.63, 3.8) is 0 Å². The number of nitro benzene ring substituents is 1. The van der Waals surface area contributed by atoms with E-state index in [2.05, 4.69) is 0 Å². The monoisotopic (exact) mass is 301 g/mol. The molecule has 0 aromatic heterocycles. The molecule has 4 N–H and O–H groups in total. The average Bonchev–Trinajstić information content (AvgIpc) is 2.56. The summed E-state index contributed by atoms with van der Waals surface area (Å²) in [6.07, 6.45) is 0. The minimum absolute atomic E-state index is 0.111. The molecule has 0 unspecified atom stereocenters. The molecule has 0 aliphatic rings. The first-order valence-electron chi connectivity index (χ1n) is 6.91. The summed E-state index contributed by atoms with van der Waals surface area (Å²) < 4.78 is 0. The van der Waals surface area contributed by atoms with E-state index in [1.165, 1.54) is 18.2 Å². The Bertz CT molecular complexity index is 684. The van der Waals surface area contributed by atoms with E-state index in [0.29, 0.717) is 12.1 Å². The fourth-order valence-corrected chi connectivity index (χ4v) is 2.05. The second-order valence-corrected chi connectivity index (χ2v) is 4.21. The molecule has 6 heteroatoms. The van der Waals surface area contributed by atoms with Crippen LogP contribution >= 0.6 is 0 Å². The zero-order valence-electron chi connectivity index (χ0n) is 12.6. The van der Waals surface area contributed by atoms with Crippen molar-refractivity contribution >= 4 is 11.6 Å². The van der Waals surface area contributed by atoms with Crippen molar-refractivity contribution in [3.8, 4) is 11.1 Å². The lowest BCUT2D eigenvalue weighted by molar-refractivity contribution is -0.384. The molecular formula is C16H19N3O3. The highest BCUT2D eigenvalue weighted by molar-refractivity contribution is 6.00. The molecule has 1 amide bonds. The molecule has 6 nitrogen and oxygen atoms in total. The van der Waals surface area contributed by atoms with E-state index < -0.39 is 10.8 Å². The van der Waals surface area contributed by atoms with Gasteiger partial charge in [0.25, 0.3) is 5.69 Å². The maximum Gasteiger partial charge on any atom is 0.270 e. The van der Waals surface area contributed by atoms with Crippen molar-refractivity contribution in [2.24, 2.45) is 11.5 Å². The van der Waals surface area contributed by atoms with E-state index >= 15 is 0 Å². The zero-order chi connectivity index (χ0) is 16.7. The summed E-state index contributed by atoms with van der Waals surface area (Å²) in [5.74, 6) is -0.712. The highest BCUT2D eigenvalue weighted by atomic mass is 16.6. The molecule has 0 aliphatic heterocycles. The van der Waals surface area contributed by atoms with Gasteiger partial charge in [-0.05, 0) is 22.8 Å². The Kier molecular flexibility index (Phi) is 6.22. The minimum Gasteiger partial charge on any atom is -0.366 e. The predicted molar refractivity (Wildman–Crippen MR) is 86.3 cm³/mol. The molecular weight excluding hydrogens is 282 g/mol. The fourth-order valence-electron chi connectivity index (χ4n) is 2.05. The Morgan fingerprint density at radius 2 is 1.77 bits per heavy atom. The van der Waals surface area contributed by atoms with Gasteiger partial charge in [-0.3, -0.25) is 14.9 Å². The molecule has 0 atom stereocenters. The molecule has 2 rings (SSSR count). The lowest BCUT2D eigenvalue weighted by atomic mass is 9.94. The third-order valence-corrected chi connectivity index (χ3v) is 3.01. The number of nitrogens with two attached hydrogens (primary N) is 2. The lowest BCUT2D eigenvalue weighted by Crippen LogP contribution is -2.13. The number of hydrogen-bond acceptors (Lipinski definition) is 4. The Morgan fingerprint density at radius 1 is 1.14 bits per heavy atom. The van der Waals surface area contributed by atoms with E-state index in [1.807, 2.05) is 26.0 Å². The molecule has 0 fully saturated rings. The molecule has 2 aromatic carbocycles. The standard InChI is InChI=1S/C14H13N3O3.C2H6/c15-8-9-3-1-2-4-11(9)12-6-5-10(17(19)20)7-13(12)14(16)18;1-2/h1-7H,8,15H2,(H2,16,18);1-2H3. The fraction of sp³-hybridized carbons (Fsp3) is 0.188. The molecule has 2 aromatic rings. The number of primary amides is 1. The van der Waals surface area contributed by atoms with Gasteiger partial charge in [-0.2, -0.15) is 0 Å². The number of carbonyl (C=O) groups is 1. The molecule has 0 radical (unpaired) electrons. The van der Waals surface area contributed by atoms with Gasteiger partial charge in [0.05, 0.1) is 10.5 Å². The third-order valence-electron chi connectivity index (χ3n) is 3.01. The van der Waals surface area contributed by atoms with Crippen molar-refractivity contribution in [1.29, 1.82) is 0 Å². The summed E-state index contributed by atoms with van der Waals surface area (Å²) in [6.45, 7) is 4.30. The van der Waals surface area contributed by atoms with Gasteiger partial charge in [0.2, 0.25) is 5.91 Å². The normalized spacial score (nSPS) is 9.59. The number of rotatable bonds is 4. The topological polar surface area (TPSA) is 112 Å². The number of nitrogens with zero attached hydrogens (tertiary/aromatic N) is 1. The Morgan fingerprint density at radius 3 is 2.32 bits per heavy atom. The second kappa shape index (κ2) is 7.90. The van der Waals surface area contributed by atoms with Gasteiger partial charge in [-0.25, -0.2) is 0 Å². The summed E-state index contributed by atoms with van der Waals surface area (Å²) in [5.41, 5.74) is 13.1. The second-order valence-electron chi connectivity index (χ2n) is 4.21. The van der Waals surface area contributed by atoms with Gasteiger partial charge in [0, 0.05) is 18.7 Å². The van der Waals surface area contributed by atoms with Crippen molar-refractivity contribution in [1.82, 2.24) is 0 Å². The van der Waals surface area contributed by atoms with Crippen LogP contribution in [0.1, 0.15) is 29.8 Å². The number of non-ortho nitro benzene ring substituents is 1. The maximum absolute atomic E-state index is 11.5. The number of amides is 1. The number of nitro groups is 1. The largest absolute Gasteiger partial charge is 0.366 e. The Balaban J connectivity index is 0.00000116. The Hall–Kier alpha value is -2.73. The van der Waals surface area contributed by atoms with Crippen LogP contribution in [0.3, 0.4) is 0 Å². The van der Waals surface area contributed by atoms with Crippen LogP contribution < -0.4 is 11.5 Å². The van der Waals surface area contributed by atoms with Crippen LogP contribution in [0.25, 0.3) is 11.1 Å². The van der Waals surface area contributed by atoms with Crippen LogP contribution in [0.2, 0.25) is 0 Å². The molecule has 22 heavy (non-hydrogen) atoms. The van der Waals surface area contributed by atoms with E-state index in [4.69, 9.17) is 11.5 Å². The predicted octanol–water partition coefficient (Wildman–Crippen LogP) is 2.85. The highest BCUT2D eigenvalue weighted by Gasteiger charge is 2.17. The van der Waals surface area contributed by atoms with Crippen molar-refractivity contribution < 1.29 is 9.72 Å². The van der Waals surface area contributed by atoms with Gasteiger partial charge in [0.15, 0.2) is 0 Å². The summed E-state index contributed by atoms with van der Waals surface area (Å²) >= 11 is 0. The van der Waals surface area contributed by atoms with E-state index in [-0.39, 0.29) is 11.3 Å². The summed E-state index contributed by atoms with van der Waals surface area (Å²) in [6, 6.07) is 11.3. The molecule has 0 bridgehead atoms. The number of benzene rings is 2. The smallest absolute Gasteiger partial charge is 0.270 e. The van der Waals surface area contributed by atoms with Crippen molar-refractivity contribution in [2.45, 2.75) is 20.4 Å². The number of carbonyl (C=O) groups excluding carboxylic acids is 1. The van der Waals surface area contributed by atoms with Crippen LogP contribution in [0.5, 0.6) is 0 Å². The van der Waals surface area contributed by atoms with Crippen LogP contribution in [0.15, 0.2) is 42.5 Å². The van der Waals surface area contributed by atoms with Crippen LogP contribution in [0, 0.1) is 10.1 Å². The highest BCUT2D eigenvalue weighted by Crippen LogP contribution is 2.29. The SMILES string of the molecule is CC.NCc1ccccc1-c1ccc([N+](=O)[O-])cc1C(N)=O. The molecule has 0 aliphatic carbocycles. The summed E-state index contributed by atoms with van der Waals surface area (Å²) in [7, 11) is 0. The first-order valence-corrected chi connectivity index (χ1v) is 6.91. The molecule has 0 spiro atoms. The van der Waals surface area contributed by atoms with Gasteiger partial charge in [-0.15, -0.1) is 0 Å². The lowest BCUT2D eigenvalue weighted by Gasteiger charge is -2.11. The minimum atomic E-state index is -0.712. The van der Waals surface area contributed by atoms with Gasteiger partial charge < -0.3 is 11.5 Å². The van der Waals surface area contributed by atoms with Crippen LogP contribution in [0.4, 0.5) is 5.69 Å². The maximum atomic E-state index is 11.5. The first-order chi connectivity index (χ1) is 10.5. The van der Waals surface area contributed by atoms with Crippen molar-refractivity contribution in [2.75, 3.05) is 0 Å². The first kappa shape index (κ1) is 17.3. The number of hydrogen-bond donors (Lipinski definition) is 2. The third kappa shape index (κ3) is 3.67. The Labute approximate surface area is 128 Å².